The molecule has 0 amide bonds. The van der Waals surface area contributed by atoms with Crippen molar-refractivity contribution in [2.75, 3.05) is 7.11 Å². The molecule has 0 aromatic heterocycles. The molecular formula is C9H9F3O3. The Kier molecular flexibility index (Phi) is 3.09. The smallest absolute Gasteiger partial charge is 0.418 e. The van der Waals surface area contributed by atoms with E-state index < -0.39 is 23.6 Å². The Balaban J connectivity index is 3.12. The maximum atomic E-state index is 12.1. The van der Waals surface area contributed by atoms with Crippen LogP contribution < -0.4 is 4.74 Å². The highest BCUT2D eigenvalue weighted by Crippen LogP contribution is 2.38. The quantitative estimate of drug-likeness (QED) is 0.804. The van der Waals surface area contributed by atoms with Crippen molar-refractivity contribution in [3.05, 3.63) is 23.8 Å². The Hall–Kier alpha value is -1.43. The molecule has 1 aromatic rings. The summed E-state index contributed by atoms with van der Waals surface area (Å²) in [7, 11) is 1.27. The number of aliphatic hydroxyl groups excluding tert-OH is 1. The fourth-order valence-electron chi connectivity index (χ4n) is 1.05. The molecule has 0 unspecified atom stereocenters. The SMILES string of the molecule is COc1ccc(O)c([C@@H](O)C(F)(F)F)c1. The maximum absolute atomic E-state index is 12.1. The number of aromatic hydroxyl groups is 1. The van der Waals surface area contributed by atoms with Gasteiger partial charge in [0.2, 0.25) is 0 Å². The van der Waals surface area contributed by atoms with Crippen LogP contribution in [0.4, 0.5) is 13.2 Å². The largest absolute Gasteiger partial charge is 0.508 e. The van der Waals surface area contributed by atoms with E-state index in [9.17, 15) is 13.2 Å². The number of benzene rings is 1. The molecule has 0 spiro atoms. The van der Waals surface area contributed by atoms with Gasteiger partial charge in [0.1, 0.15) is 11.5 Å². The predicted molar refractivity (Wildman–Crippen MR) is 45.7 cm³/mol. The van der Waals surface area contributed by atoms with Crippen LogP contribution in [0.3, 0.4) is 0 Å². The van der Waals surface area contributed by atoms with Crippen LogP contribution in [0, 0.1) is 0 Å². The molecule has 84 valence electrons. The highest BCUT2D eigenvalue weighted by Gasteiger charge is 2.40. The molecule has 0 aliphatic carbocycles. The van der Waals surface area contributed by atoms with E-state index in [-0.39, 0.29) is 5.75 Å². The molecule has 0 bridgehead atoms. The summed E-state index contributed by atoms with van der Waals surface area (Å²) in [6.45, 7) is 0. The van der Waals surface area contributed by atoms with Gasteiger partial charge in [-0.1, -0.05) is 0 Å². The number of alkyl halides is 3. The third-order valence-electron chi connectivity index (χ3n) is 1.84. The second-order valence-electron chi connectivity index (χ2n) is 2.87. The molecule has 3 nitrogen and oxygen atoms in total. The average Bonchev–Trinajstić information content (AvgIpc) is 2.16. The van der Waals surface area contributed by atoms with E-state index in [4.69, 9.17) is 10.2 Å². The van der Waals surface area contributed by atoms with Crippen LogP contribution in [0.5, 0.6) is 11.5 Å². The molecular weight excluding hydrogens is 213 g/mol. The summed E-state index contributed by atoms with van der Waals surface area (Å²) in [6, 6.07) is 3.26. The van der Waals surface area contributed by atoms with E-state index in [1.165, 1.54) is 13.2 Å². The zero-order valence-electron chi connectivity index (χ0n) is 7.75. The maximum Gasteiger partial charge on any atom is 0.418 e. The summed E-state index contributed by atoms with van der Waals surface area (Å²) < 4.78 is 41.1. The van der Waals surface area contributed by atoms with Gasteiger partial charge >= 0.3 is 6.18 Å². The third kappa shape index (κ3) is 2.53. The van der Waals surface area contributed by atoms with Crippen LogP contribution in [0.25, 0.3) is 0 Å². The zero-order valence-corrected chi connectivity index (χ0v) is 7.75. The van der Waals surface area contributed by atoms with Gasteiger partial charge in [0, 0.05) is 5.56 Å². The Bertz CT molecular complexity index is 349. The number of phenols is 1. The zero-order chi connectivity index (χ0) is 11.6. The molecule has 1 aromatic carbocycles. The van der Waals surface area contributed by atoms with E-state index in [1.54, 1.807) is 0 Å². The van der Waals surface area contributed by atoms with Gasteiger partial charge in [-0.05, 0) is 18.2 Å². The number of rotatable bonds is 2. The van der Waals surface area contributed by atoms with Crippen LogP contribution in [0.15, 0.2) is 18.2 Å². The minimum absolute atomic E-state index is 0.131. The molecule has 1 atom stereocenters. The number of hydrogen-bond donors (Lipinski definition) is 2. The monoisotopic (exact) mass is 222 g/mol. The molecule has 2 N–H and O–H groups in total. The van der Waals surface area contributed by atoms with Crippen molar-refractivity contribution < 1.29 is 28.1 Å². The first-order valence-electron chi connectivity index (χ1n) is 3.98. The van der Waals surface area contributed by atoms with Crippen molar-refractivity contribution in [2.45, 2.75) is 12.3 Å². The van der Waals surface area contributed by atoms with E-state index in [0.717, 1.165) is 12.1 Å². The van der Waals surface area contributed by atoms with Gasteiger partial charge in [0.25, 0.3) is 0 Å². The van der Waals surface area contributed by atoms with Crippen molar-refractivity contribution in [3.63, 3.8) is 0 Å². The fourth-order valence-corrected chi connectivity index (χ4v) is 1.05. The van der Waals surface area contributed by atoms with Gasteiger partial charge in [-0.25, -0.2) is 0 Å². The van der Waals surface area contributed by atoms with Gasteiger partial charge in [0.15, 0.2) is 6.10 Å². The third-order valence-corrected chi connectivity index (χ3v) is 1.84. The molecule has 0 aliphatic heterocycles. The lowest BCUT2D eigenvalue weighted by Crippen LogP contribution is -2.20. The van der Waals surface area contributed by atoms with Crippen LogP contribution in [-0.2, 0) is 0 Å². The molecule has 0 heterocycles. The van der Waals surface area contributed by atoms with Crippen molar-refractivity contribution in [1.29, 1.82) is 0 Å². The molecule has 0 saturated heterocycles. The summed E-state index contributed by atoms with van der Waals surface area (Å²) in [5, 5.41) is 18.1. The van der Waals surface area contributed by atoms with Crippen LogP contribution in [0.1, 0.15) is 11.7 Å². The first-order valence-corrected chi connectivity index (χ1v) is 3.98. The Morgan fingerprint density at radius 2 is 1.93 bits per heavy atom. The molecule has 6 heteroatoms. The lowest BCUT2D eigenvalue weighted by molar-refractivity contribution is -0.207. The number of hydrogen-bond acceptors (Lipinski definition) is 3. The van der Waals surface area contributed by atoms with Crippen molar-refractivity contribution >= 4 is 0 Å². The van der Waals surface area contributed by atoms with Crippen LogP contribution in [-0.4, -0.2) is 23.5 Å². The average molecular weight is 222 g/mol. The van der Waals surface area contributed by atoms with Crippen LogP contribution in [0.2, 0.25) is 0 Å². The first-order chi connectivity index (χ1) is 6.86. The number of phenolic OH excluding ortho intramolecular Hbond substituents is 1. The Labute approximate surface area is 83.7 Å². The molecule has 15 heavy (non-hydrogen) atoms. The van der Waals surface area contributed by atoms with Crippen molar-refractivity contribution in [2.24, 2.45) is 0 Å². The van der Waals surface area contributed by atoms with Gasteiger partial charge in [-0.3, -0.25) is 0 Å². The van der Waals surface area contributed by atoms with Gasteiger partial charge in [-0.2, -0.15) is 13.2 Å². The minimum Gasteiger partial charge on any atom is -0.508 e. The van der Waals surface area contributed by atoms with Crippen LogP contribution >= 0.6 is 0 Å². The normalized spacial score (nSPS) is 13.7. The molecule has 0 saturated carbocycles. The number of methoxy groups -OCH3 is 1. The van der Waals surface area contributed by atoms with Gasteiger partial charge in [0.05, 0.1) is 7.11 Å². The number of ether oxygens (including phenoxy) is 1. The van der Waals surface area contributed by atoms with E-state index in [0.29, 0.717) is 0 Å². The summed E-state index contributed by atoms with van der Waals surface area (Å²) in [5.74, 6) is -0.494. The molecule has 1 rings (SSSR count). The van der Waals surface area contributed by atoms with Gasteiger partial charge in [-0.15, -0.1) is 0 Å². The first kappa shape index (κ1) is 11.6. The van der Waals surface area contributed by atoms with E-state index in [1.807, 2.05) is 0 Å². The van der Waals surface area contributed by atoms with E-state index in [2.05, 4.69) is 4.74 Å². The van der Waals surface area contributed by atoms with E-state index >= 15 is 0 Å². The second kappa shape index (κ2) is 3.98. The molecule has 0 fully saturated rings. The van der Waals surface area contributed by atoms with Crippen molar-refractivity contribution in [1.82, 2.24) is 0 Å². The highest BCUT2D eigenvalue weighted by molar-refractivity contribution is 5.41. The minimum atomic E-state index is -4.82. The highest BCUT2D eigenvalue weighted by atomic mass is 19.4. The Morgan fingerprint density at radius 1 is 1.33 bits per heavy atom. The second-order valence-corrected chi connectivity index (χ2v) is 2.87. The topological polar surface area (TPSA) is 49.7 Å². The predicted octanol–water partition coefficient (Wildman–Crippen LogP) is 2.00. The summed E-state index contributed by atoms with van der Waals surface area (Å²) in [5.41, 5.74) is -0.623. The van der Waals surface area contributed by atoms with Crippen molar-refractivity contribution in [3.8, 4) is 11.5 Å². The number of halogens is 3. The number of aliphatic hydroxyl groups is 1. The lowest BCUT2D eigenvalue weighted by atomic mass is 10.1. The lowest BCUT2D eigenvalue weighted by Gasteiger charge is -2.16. The summed E-state index contributed by atoms with van der Waals surface area (Å²) in [4.78, 5) is 0. The van der Waals surface area contributed by atoms with Gasteiger partial charge < -0.3 is 14.9 Å². The Morgan fingerprint density at radius 3 is 2.40 bits per heavy atom. The standard InChI is InChI=1S/C9H9F3O3/c1-15-5-2-3-7(13)6(4-5)8(14)9(10,11)12/h2-4,8,13-14H,1H3/t8-/m1/s1. The fraction of sp³-hybridized carbons (Fsp3) is 0.333. The molecule has 0 aliphatic rings. The summed E-state index contributed by atoms with van der Waals surface area (Å²) in [6.07, 6.45) is -7.53. The molecule has 0 radical (unpaired) electrons. The summed E-state index contributed by atoms with van der Waals surface area (Å²) >= 11 is 0.